The monoisotopic (exact) mass is 252 g/mol. The van der Waals surface area contributed by atoms with Crippen molar-refractivity contribution in [3.63, 3.8) is 0 Å². The van der Waals surface area contributed by atoms with E-state index in [1.807, 2.05) is 0 Å². The number of nitrogens with zero attached hydrogens (tertiary/aromatic N) is 2. The Bertz CT molecular complexity index is 407. The molecule has 0 aromatic carbocycles. The van der Waals surface area contributed by atoms with Crippen molar-refractivity contribution in [3.8, 4) is 5.88 Å². The lowest BCUT2D eigenvalue weighted by atomic mass is 9.95. The first-order valence-electron chi connectivity index (χ1n) is 5.95. The molecule has 2 atom stereocenters. The van der Waals surface area contributed by atoms with Crippen LogP contribution in [0.25, 0.3) is 0 Å². The van der Waals surface area contributed by atoms with E-state index in [1.54, 1.807) is 7.11 Å². The second kappa shape index (κ2) is 5.77. The molecule has 1 aliphatic rings. The Morgan fingerprint density at radius 3 is 2.72 bits per heavy atom. The van der Waals surface area contributed by atoms with Crippen LogP contribution < -0.4 is 4.74 Å². The van der Waals surface area contributed by atoms with Gasteiger partial charge in [-0.15, -0.1) is 10.2 Å². The highest BCUT2D eigenvalue weighted by atomic mass is 16.5. The maximum atomic E-state index is 10.6. The Morgan fingerprint density at radius 1 is 1.33 bits per heavy atom. The molecule has 1 aromatic heterocycles. The van der Waals surface area contributed by atoms with Gasteiger partial charge >= 0.3 is 5.97 Å². The van der Waals surface area contributed by atoms with Crippen molar-refractivity contribution in [2.24, 2.45) is 0 Å². The van der Waals surface area contributed by atoms with Crippen LogP contribution in [0.1, 0.15) is 36.2 Å². The third kappa shape index (κ3) is 3.16. The number of carbonyl (C=O) groups is 1. The van der Waals surface area contributed by atoms with Crippen molar-refractivity contribution in [2.75, 3.05) is 7.11 Å². The molecule has 1 saturated carbocycles. The highest BCUT2D eigenvalue weighted by molar-refractivity contribution is 5.84. The number of aromatic nitrogens is 2. The Morgan fingerprint density at radius 2 is 2.11 bits per heavy atom. The first-order chi connectivity index (χ1) is 8.69. The van der Waals surface area contributed by atoms with Crippen LogP contribution >= 0.6 is 0 Å². The number of hydrogen-bond acceptors (Lipinski definition) is 5. The number of carboxylic acid groups (broad SMARTS) is 1. The molecule has 0 saturated heterocycles. The summed E-state index contributed by atoms with van der Waals surface area (Å²) in [7, 11) is 1.70. The number of rotatable bonds is 4. The van der Waals surface area contributed by atoms with E-state index in [0.29, 0.717) is 5.88 Å². The average molecular weight is 252 g/mol. The summed E-state index contributed by atoms with van der Waals surface area (Å²) < 4.78 is 11.0. The Hall–Kier alpha value is -1.69. The number of methoxy groups -OCH3 is 1. The zero-order chi connectivity index (χ0) is 13.0. The molecule has 1 aromatic rings. The fraction of sp³-hybridized carbons (Fsp3) is 0.583. The summed E-state index contributed by atoms with van der Waals surface area (Å²) in [5.41, 5.74) is -0.0826. The standard InChI is InChI=1S/C12H16N2O4/c1-17-8-3-2-4-9(7-8)18-11-6-5-10(12(15)16)13-14-11/h5-6,8-9H,2-4,7H2,1H3,(H,15,16). The van der Waals surface area contributed by atoms with E-state index >= 15 is 0 Å². The molecule has 1 fully saturated rings. The van der Waals surface area contributed by atoms with Gasteiger partial charge in [-0.1, -0.05) is 0 Å². The first-order valence-corrected chi connectivity index (χ1v) is 5.95. The Labute approximate surface area is 105 Å². The summed E-state index contributed by atoms with van der Waals surface area (Å²) in [5.74, 6) is -0.729. The average Bonchev–Trinajstić information content (AvgIpc) is 2.39. The minimum atomic E-state index is -1.09. The quantitative estimate of drug-likeness (QED) is 0.874. The molecule has 0 spiro atoms. The molecule has 1 heterocycles. The fourth-order valence-electron chi connectivity index (χ4n) is 2.09. The highest BCUT2D eigenvalue weighted by Gasteiger charge is 2.23. The summed E-state index contributed by atoms with van der Waals surface area (Å²) in [6, 6.07) is 2.92. The second-order valence-electron chi connectivity index (χ2n) is 4.33. The number of hydrogen-bond donors (Lipinski definition) is 1. The molecule has 2 unspecified atom stereocenters. The first kappa shape index (κ1) is 12.8. The van der Waals surface area contributed by atoms with E-state index in [4.69, 9.17) is 14.6 Å². The van der Waals surface area contributed by atoms with Crippen LogP contribution in [0.3, 0.4) is 0 Å². The van der Waals surface area contributed by atoms with E-state index in [2.05, 4.69) is 10.2 Å². The second-order valence-corrected chi connectivity index (χ2v) is 4.33. The van der Waals surface area contributed by atoms with Crippen LogP contribution in [0.4, 0.5) is 0 Å². The summed E-state index contributed by atoms with van der Waals surface area (Å²) in [4.78, 5) is 10.6. The van der Waals surface area contributed by atoms with Crippen molar-refractivity contribution in [3.05, 3.63) is 17.8 Å². The molecule has 0 bridgehead atoms. The van der Waals surface area contributed by atoms with Crippen molar-refractivity contribution in [2.45, 2.75) is 37.9 Å². The van der Waals surface area contributed by atoms with E-state index < -0.39 is 5.97 Å². The zero-order valence-electron chi connectivity index (χ0n) is 10.2. The van der Waals surface area contributed by atoms with E-state index in [1.165, 1.54) is 12.1 Å². The molecule has 0 amide bonds. The van der Waals surface area contributed by atoms with Gasteiger partial charge in [-0.25, -0.2) is 4.79 Å². The van der Waals surface area contributed by atoms with Gasteiger partial charge in [0.15, 0.2) is 5.69 Å². The molecule has 0 radical (unpaired) electrons. The molecular weight excluding hydrogens is 236 g/mol. The van der Waals surface area contributed by atoms with Gasteiger partial charge in [0, 0.05) is 19.6 Å². The largest absolute Gasteiger partial charge is 0.476 e. The lowest BCUT2D eigenvalue weighted by Gasteiger charge is -2.28. The summed E-state index contributed by atoms with van der Waals surface area (Å²) in [6.45, 7) is 0. The number of ether oxygens (including phenoxy) is 2. The Kier molecular flexibility index (Phi) is 4.09. The highest BCUT2D eigenvalue weighted by Crippen LogP contribution is 2.24. The predicted molar refractivity (Wildman–Crippen MR) is 62.7 cm³/mol. The fourth-order valence-corrected chi connectivity index (χ4v) is 2.09. The summed E-state index contributed by atoms with van der Waals surface area (Å²) in [6.07, 6.45) is 4.20. The number of aromatic carboxylic acids is 1. The minimum absolute atomic E-state index is 0.0636. The van der Waals surface area contributed by atoms with Crippen LogP contribution in [0, 0.1) is 0 Å². The molecule has 98 valence electrons. The van der Waals surface area contributed by atoms with Crippen LogP contribution in [-0.4, -0.2) is 40.6 Å². The van der Waals surface area contributed by atoms with Gasteiger partial charge in [-0.2, -0.15) is 0 Å². The summed E-state index contributed by atoms with van der Waals surface area (Å²) >= 11 is 0. The topological polar surface area (TPSA) is 81.5 Å². The summed E-state index contributed by atoms with van der Waals surface area (Å²) in [5, 5.41) is 16.0. The lowest BCUT2D eigenvalue weighted by Crippen LogP contribution is -2.29. The van der Waals surface area contributed by atoms with Gasteiger partial charge in [0.05, 0.1) is 6.10 Å². The van der Waals surface area contributed by atoms with Gasteiger partial charge in [0.1, 0.15) is 6.10 Å². The third-order valence-corrected chi connectivity index (χ3v) is 3.06. The minimum Gasteiger partial charge on any atom is -0.476 e. The Balaban J connectivity index is 1.94. The van der Waals surface area contributed by atoms with Crippen molar-refractivity contribution in [1.82, 2.24) is 10.2 Å². The molecule has 1 aliphatic carbocycles. The van der Waals surface area contributed by atoms with Gasteiger partial charge in [-0.05, 0) is 25.3 Å². The third-order valence-electron chi connectivity index (χ3n) is 3.06. The van der Waals surface area contributed by atoms with Gasteiger partial charge in [0.25, 0.3) is 0 Å². The van der Waals surface area contributed by atoms with Gasteiger partial charge < -0.3 is 14.6 Å². The van der Waals surface area contributed by atoms with E-state index in [9.17, 15) is 4.79 Å². The zero-order valence-corrected chi connectivity index (χ0v) is 10.2. The molecule has 18 heavy (non-hydrogen) atoms. The number of carboxylic acids is 1. The van der Waals surface area contributed by atoms with Gasteiger partial charge in [-0.3, -0.25) is 0 Å². The van der Waals surface area contributed by atoms with Crippen LogP contribution in [0.5, 0.6) is 5.88 Å². The molecule has 0 aliphatic heterocycles. The molecular formula is C12H16N2O4. The SMILES string of the molecule is COC1CCCC(Oc2ccc(C(=O)O)nn2)C1. The maximum absolute atomic E-state index is 10.6. The smallest absolute Gasteiger partial charge is 0.356 e. The molecule has 2 rings (SSSR count). The maximum Gasteiger partial charge on any atom is 0.356 e. The normalized spacial score (nSPS) is 23.6. The van der Waals surface area contributed by atoms with E-state index in [-0.39, 0.29) is 17.9 Å². The molecule has 6 nitrogen and oxygen atoms in total. The lowest BCUT2D eigenvalue weighted by molar-refractivity contribution is 0.0192. The van der Waals surface area contributed by atoms with Gasteiger partial charge in [0.2, 0.25) is 5.88 Å². The van der Waals surface area contributed by atoms with Crippen LogP contribution in [0.2, 0.25) is 0 Å². The van der Waals surface area contributed by atoms with Crippen molar-refractivity contribution >= 4 is 5.97 Å². The van der Waals surface area contributed by atoms with Crippen molar-refractivity contribution in [1.29, 1.82) is 0 Å². The molecule has 1 N–H and O–H groups in total. The van der Waals surface area contributed by atoms with Crippen LogP contribution in [0.15, 0.2) is 12.1 Å². The van der Waals surface area contributed by atoms with Crippen LogP contribution in [-0.2, 0) is 4.74 Å². The van der Waals surface area contributed by atoms with Crippen molar-refractivity contribution < 1.29 is 19.4 Å². The van der Waals surface area contributed by atoms with E-state index in [0.717, 1.165) is 25.7 Å². The predicted octanol–water partition coefficient (Wildman–Crippen LogP) is 1.51. The molecule has 6 heteroatoms.